The Balaban J connectivity index is 1.86. The second kappa shape index (κ2) is 6.40. The van der Waals surface area contributed by atoms with E-state index in [0.717, 1.165) is 4.47 Å². The summed E-state index contributed by atoms with van der Waals surface area (Å²) < 4.78 is 40.2. The number of fused-ring (bicyclic) bond motifs is 1. The second-order valence-electron chi connectivity index (χ2n) is 5.02. The predicted molar refractivity (Wildman–Crippen MR) is 95.2 cm³/mol. The molecule has 2 aromatic rings. The summed E-state index contributed by atoms with van der Waals surface area (Å²) in [4.78, 5) is 0. The molecule has 128 valence electrons. The molecule has 0 spiro atoms. The molecule has 10 heteroatoms. The first-order valence-electron chi connectivity index (χ1n) is 6.73. The molecule has 0 saturated carbocycles. The van der Waals surface area contributed by atoms with E-state index in [2.05, 4.69) is 31.3 Å². The van der Waals surface area contributed by atoms with Crippen LogP contribution in [0.3, 0.4) is 0 Å². The summed E-state index contributed by atoms with van der Waals surface area (Å²) >= 11 is 9.23. The molecule has 0 amide bonds. The number of sulfonamides is 1. The Bertz CT molecular complexity index is 897. The summed E-state index contributed by atoms with van der Waals surface area (Å²) in [5, 5.41) is 15.6. The van der Waals surface area contributed by atoms with Gasteiger partial charge in [0.05, 0.1) is 22.1 Å². The quantitative estimate of drug-likeness (QED) is 0.550. The van der Waals surface area contributed by atoms with Crippen LogP contribution in [-0.4, -0.2) is 19.9 Å². The highest BCUT2D eigenvalue weighted by atomic mass is 79.9. The Labute approximate surface area is 151 Å². The van der Waals surface area contributed by atoms with Gasteiger partial charge in [0, 0.05) is 10.0 Å². The van der Waals surface area contributed by atoms with Crippen LogP contribution >= 0.6 is 27.5 Å². The second-order valence-corrected chi connectivity index (χ2v) is 7.99. The molecule has 2 atom stereocenters. The first kappa shape index (κ1) is 17.3. The van der Waals surface area contributed by atoms with Crippen molar-refractivity contribution >= 4 is 54.6 Å². The van der Waals surface area contributed by atoms with Crippen molar-refractivity contribution in [3.63, 3.8) is 0 Å². The maximum absolute atomic E-state index is 14.0. The number of aliphatic hydroxyl groups excluding tert-OH is 1. The molecule has 1 aliphatic heterocycles. The van der Waals surface area contributed by atoms with Crippen molar-refractivity contribution in [1.29, 1.82) is 0 Å². The van der Waals surface area contributed by atoms with Crippen LogP contribution in [0.4, 0.5) is 21.5 Å². The van der Waals surface area contributed by atoms with Crippen LogP contribution in [0.2, 0.25) is 5.02 Å². The Kier molecular flexibility index (Phi) is 4.60. The minimum absolute atomic E-state index is 0.00937. The van der Waals surface area contributed by atoms with Crippen LogP contribution < -0.4 is 15.4 Å². The molecule has 2 unspecified atom stereocenters. The molecule has 0 aliphatic carbocycles. The number of para-hydroxylation sites is 1. The SMILES string of the molecule is O=S1(=O)Nc2c(NC(O)Nc3ccccc3Br)ccc(Cl)c2C1F. The number of anilines is 3. The molecule has 0 radical (unpaired) electrons. The van der Waals surface area contributed by atoms with Gasteiger partial charge in [0.1, 0.15) is 0 Å². The lowest BCUT2D eigenvalue weighted by atomic mass is 10.1. The fourth-order valence-electron chi connectivity index (χ4n) is 2.30. The standard InChI is InChI=1S/C14H12BrClFN3O3S/c15-7-3-1-2-4-9(7)18-14(21)19-10-6-5-8(16)11-12(10)20-24(22,23)13(11)17/h1-6,13-14,18-21H. The third-order valence-electron chi connectivity index (χ3n) is 3.39. The summed E-state index contributed by atoms with van der Waals surface area (Å²) in [6.45, 7) is 0. The Morgan fingerprint density at radius 1 is 1.21 bits per heavy atom. The van der Waals surface area contributed by atoms with E-state index >= 15 is 0 Å². The van der Waals surface area contributed by atoms with Gasteiger partial charge in [-0.25, -0.2) is 12.8 Å². The van der Waals surface area contributed by atoms with Gasteiger partial charge in [0.25, 0.3) is 10.0 Å². The number of halogens is 3. The van der Waals surface area contributed by atoms with Crippen LogP contribution in [0.1, 0.15) is 11.1 Å². The van der Waals surface area contributed by atoms with E-state index in [1.807, 2.05) is 6.07 Å². The summed E-state index contributed by atoms with van der Waals surface area (Å²) in [5.74, 6) is 0. The van der Waals surface area contributed by atoms with Crippen LogP contribution in [0.15, 0.2) is 40.9 Å². The number of hydrogen-bond acceptors (Lipinski definition) is 5. The van der Waals surface area contributed by atoms with Gasteiger partial charge >= 0.3 is 0 Å². The first-order valence-corrected chi connectivity index (χ1v) is 9.45. The molecule has 1 heterocycles. The Morgan fingerprint density at radius 2 is 1.88 bits per heavy atom. The first-order chi connectivity index (χ1) is 11.3. The van der Waals surface area contributed by atoms with E-state index < -0.39 is 21.9 Å². The fraction of sp³-hybridized carbons (Fsp3) is 0.143. The third-order valence-corrected chi connectivity index (χ3v) is 5.68. The number of aliphatic hydroxyl groups is 1. The topological polar surface area (TPSA) is 90.5 Å². The molecule has 0 aromatic heterocycles. The molecule has 6 nitrogen and oxygen atoms in total. The summed E-state index contributed by atoms with van der Waals surface area (Å²) in [6.07, 6.45) is -1.25. The zero-order valence-electron chi connectivity index (χ0n) is 11.9. The van der Waals surface area contributed by atoms with E-state index in [-0.39, 0.29) is 22.0 Å². The smallest absolute Gasteiger partial charge is 0.269 e. The van der Waals surface area contributed by atoms with Crippen molar-refractivity contribution in [3.05, 3.63) is 51.5 Å². The average molecular weight is 437 g/mol. The number of benzene rings is 2. The molecule has 4 N–H and O–H groups in total. The largest absolute Gasteiger partial charge is 0.357 e. The summed E-state index contributed by atoms with van der Waals surface area (Å²) in [7, 11) is -4.18. The highest BCUT2D eigenvalue weighted by molar-refractivity contribution is 9.10. The lowest BCUT2D eigenvalue weighted by Gasteiger charge is -2.19. The minimum Gasteiger partial charge on any atom is -0.357 e. The van der Waals surface area contributed by atoms with Gasteiger partial charge in [-0.3, -0.25) is 4.72 Å². The highest BCUT2D eigenvalue weighted by Gasteiger charge is 2.40. The molecule has 0 saturated heterocycles. The van der Waals surface area contributed by atoms with Gasteiger partial charge in [-0.2, -0.15) is 0 Å². The van der Waals surface area contributed by atoms with E-state index in [1.54, 1.807) is 18.2 Å². The average Bonchev–Trinajstić information content (AvgIpc) is 2.76. The normalized spacial score (nSPS) is 19.2. The van der Waals surface area contributed by atoms with Gasteiger partial charge in [-0.1, -0.05) is 23.7 Å². The van der Waals surface area contributed by atoms with Crippen molar-refractivity contribution in [3.8, 4) is 0 Å². The molecule has 1 aliphatic rings. The number of alkyl halides is 1. The lowest BCUT2D eigenvalue weighted by Crippen LogP contribution is -2.28. The molecule has 0 fully saturated rings. The molecule has 2 aromatic carbocycles. The van der Waals surface area contributed by atoms with Crippen molar-refractivity contribution in [2.45, 2.75) is 11.9 Å². The Morgan fingerprint density at radius 3 is 2.58 bits per heavy atom. The van der Waals surface area contributed by atoms with E-state index in [1.165, 1.54) is 12.1 Å². The van der Waals surface area contributed by atoms with Gasteiger partial charge in [0.15, 0.2) is 0 Å². The third kappa shape index (κ3) is 3.16. The molecule has 0 bridgehead atoms. The number of rotatable bonds is 4. The van der Waals surface area contributed by atoms with Crippen molar-refractivity contribution in [1.82, 2.24) is 0 Å². The van der Waals surface area contributed by atoms with Crippen LogP contribution in [0.5, 0.6) is 0 Å². The van der Waals surface area contributed by atoms with Gasteiger partial charge in [0.2, 0.25) is 11.9 Å². The van der Waals surface area contributed by atoms with E-state index in [0.29, 0.717) is 5.69 Å². The fourth-order valence-corrected chi connectivity index (χ4v) is 4.18. The van der Waals surface area contributed by atoms with Crippen molar-refractivity contribution in [2.75, 3.05) is 15.4 Å². The lowest BCUT2D eigenvalue weighted by molar-refractivity contribution is 0.233. The number of nitrogens with one attached hydrogen (secondary N) is 3. The van der Waals surface area contributed by atoms with Crippen LogP contribution in [0, 0.1) is 0 Å². The van der Waals surface area contributed by atoms with E-state index in [4.69, 9.17) is 11.6 Å². The van der Waals surface area contributed by atoms with E-state index in [9.17, 15) is 17.9 Å². The maximum Gasteiger partial charge on any atom is 0.269 e. The molecule has 24 heavy (non-hydrogen) atoms. The maximum atomic E-state index is 14.0. The van der Waals surface area contributed by atoms with Gasteiger partial charge in [-0.05, 0) is 40.2 Å². The Hall–Kier alpha value is -1.55. The zero-order chi connectivity index (χ0) is 17.5. The summed E-state index contributed by atoms with van der Waals surface area (Å²) in [6, 6.07) is 9.94. The predicted octanol–water partition coefficient (Wildman–Crippen LogP) is 3.63. The van der Waals surface area contributed by atoms with Gasteiger partial charge in [-0.15, -0.1) is 0 Å². The highest BCUT2D eigenvalue weighted by Crippen LogP contribution is 2.46. The van der Waals surface area contributed by atoms with Crippen LogP contribution in [0.25, 0.3) is 0 Å². The number of hydrogen-bond donors (Lipinski definition) is 4. The van der Waals surface area contributed by atoms with Gasteiger partial charge < -0.3 is 15.7 Å². The van der Waals surface area contributed by atoms with Crippen LogP contribution in [-0.2, 0) is 10.0 Å². The monoisotopic (exact) mass is 435 g/mol. The molecule has 3 rings (SSSR count). The zero-order valence-corrected chi connectivity index (χ0v) is 15.1. The molecular weight excluding hydrogens is 425 g/mol. The van der Waals surface area contributed by atoms with Crippen molar-refractivity contribution < 1.29 is 17.9 Å². The minimum atomic E-state index is -4.18. The summed E-state index contributed by atoms with van der Waals surface area (Å²) in [5.41, 5.74) is -1.62. The molecular formula is C14H12BrClFN3O3S. The van der Waals surface area contributed by atoms with Crippen molar-refractivity contribution in [2.24, 2.45) is 0 Å².